The highest BCUT2D eigenvalue weighted by Gasteiger charge is 2.50. The van der Waals surface area contributed by atoms with Gasteiger partial charge in [0.15, 0.2) is 0 Å². The molecule has 1 spiro atoms. The maximum atomic E-state index is 12.5. The summed E-state index contributed by atoms with van der Waals surface area (Å²) in [7, 11) is 1.81. The zero-order valence-electron chi connectivity index (χ0n) is 16.1. The first-order valence-corrected chi connectivity index (χ1v) is 9.40. The number of likely N-dealkylation sites (N-methyl/N-ethyl adjacent to an activating group) is 1. The topological polar surface area (TPSA) is 67.3 Å². The third kappa shape index (κ3) is 3.91. The van der Waals surface area contributed by atoms with Gasteiger partial charge in [0.2, 0.25) is 5.91 Å². The Kier molecular flexibility index (Phi) is 4.72. The number of hydrogen-bond donors (Lipinski definition) is 1. The van der Waals surface area contributed by atoms with E-state index in [4.69, 9.17) is 0 Å². The Balaban J connectivity index is 0.00000256. The predicted octanol–water partition coefficient (Wildman–Crippen LogP) is 3.62. The zero-order chi connectivity index (χ0) is 20.8. The van der Waals surface area contributed by atoms with Crippen LogP contribution in [-0.4, -0.2) is 46.3 Å². The molecule has 2 atom stereocenters. The number of rotatable bonds is 3. The van der Waals surface area contributed by atoms with Crippen LogP contribution >= 0.6 is 0 Å². The Morgan fingerprint density at radius 1 is 1.24 bits per heavy atom. The highest BCUT2D eigenvalue weighted by atomic mass is 19.4. The molecule has 0 bridgehead atoms. The molecular formula is C20H23F3N4O2. The van der Waals surface area contributed by atoms with Crippen LogP contribution in [0.15, 0.2) is 30.3 Å². The van der Waals surface area contributed by atoms with E-state index in [2.05, 4.69) is 20.0 Å². The minimum absolute atomic E-state index is 0. The van der Waals surface area contributed by atoms with E-state index >= 15 is 0 Å². The summed E-state index contributed by atoms with van der Waals surface area (Å²) in [5.41, 5.74) is 1.49. The molecular weight excluding hydrogens is 385 g/mol. The Morgan fingerprint density at radius 3 is 2.59 bits per heavy atom. The molecule has 9 heteroatoms. The normalized spacial score (nSPS) is 24.5. The Labute approximate surface area is 167 Å². The van der Waals surface area contributed by atoms with Gasteiger partial charge in [-0.3, -0.25) is 10.1 Å². The molecule has 4 rings (SSSR count). The lowest BCUT2D eigenvalue weighted by atomic mass is 9.96. The molecule has 0 radical (unpaired) electrons. The molecule has 156 valence electrons. The molecule has 3 heterocycles. The molecule has 2 aliphatic heterocycles. The summed E-state index contributed by atoms with van der Waals surface area (Å²) in [5.74, 6) is 0.415. The van der Waals surface area contributed by atoms with E-state index in [0.29, 0.717) is 17.1 Å². The standard InChI is InChI=1S/C20H21F3N4O2.H2/c1-12-11-16(13-3-5-14(6-4-13)29-20(21,22)23)25-17(24-12)15-7-8-19(26-15)9-10-27(2)18(19)28;/h3-6,11,15,26H,7-10H2,1-2H3;1H/t15-,19+;/m1./s1. The highest BCUT2D eigenvalue weighted by Crippen LogP contribution is 2.38. The number of aromatic nitrogens is 2. The molecule has 1 aromatic heterocycles. The maximum Gasteiger partial charge on any atom is 0.573 e. The lowest BCUT2D eigenvalue weighted by Crippen LogP contribution is -2.47. The van der Waals surface area contributed by atoms with Gasteiger partial charge in [0, 0.05) is 26.3 Å². The van der Waals surface area contributed by atoms with Crippen molar-refractivity contribution in [3.8, 4) is 17.0 Å². The van der Waals surface area contributed by atoms with Crippen LogP contribution in [-0.2, 0) is 4.79 Å². The number of halogens is 3. The van der Waals surface area contributed by atoms with Crippen molar-refractivity contribution < 1.29 is 24.1 Å². The number of carbonyl (C=O) groups is 1. The van der Waals surface area contributed by atoms with E-state index in [-0.39, 0.29) is 19.1 Å². The number of nitrogens with one attached hydrogen (secondary N) is 1. The van der Waals surface area contributed by atoms with Crippen LogP contribution < -0.4 is 10.1 Å². The van der Waals surface area contributed by atoms with Crippen molar-refractivity contribution in [1.29, 1.82) is 0 Å². The first-order chi connectivity index (χ1) is 13.7. The number of aryl methyl sites for hydroxylation is 1. The fourth-order valence-electron chi connectivity index (χ4n) is 4.08. The molecule has 2 aliphatic rings. The van der Waals surface area contributed by atoms with Gasteiger partial charge in [0.25, 0.3) is 0 Å². The predicted molar refractivity (Wildman–Crippen MR) is 101 cm³/mol. The lowest BCUT2D eigenvalue weighted by Gasteiger charge is -2.23. The number of likely N-dealkylation sites (tertiary alicyclic amines) is 1. The molecule has 0 saturated carbocycles. The number of nitrogens with zero attached hydrogens (tertiary/aromatic N) is 3. The Morgan fingerprint density at radius 2 is 1.97 bits per heavy atom. The second-order valence-corrected chi connectivity index (χ2v) is 7.62. The molecule has 2 aromatic rings. The van der Waals surface area contributed by atoms with Gasteiger partial charge in [-0.25, -0.2) is 9.97 Å². The first kappa shape index (κ1) is 19.6. The first-order valence-electron chi connectivity index (χ1n) is 9.40. The number of carbonyl (C=O) groups excluding carboxylic acids is 1. The van der Waals surface area contributed by atoms with Crippen molar-refractivity contribution in [2.24, 2.45) is 0 Å². The van der Waals surface area contributed by atoms with Crippen LogP contribution in [0.3, 0.4) is 0 Å². The molecule has 6 nitrogen and oxygen atoms in total. The van der Waals surface area contributed by atoms with Gasteiger partial charge in [-0.1, -0.05) is 0 Å². The number of benzene rings is 1. The molecule has 29 heavy (non-hydrogen) atoms. The summed E-state index contributed by atoms with van der Waals surface area (Å²) >= 11 is 0. The Hall–Kier alpha value is -2.68. The van der Waals surface area contributed by atoms with Gasteiger partial charge in [-0.2, -0.15) is 0 Å². The van der Waals surface area contributed by atoms with Crippen molar-refractivity contribution in [3.05, 3.63) is 41.9 Å². The van der Waals surface area contributed by atoms with E-state index < -0.39 is 11.9 Å². The van der Waals surface area contributed by atoms with E-state index in [1.165, 1.54) is 24.3 Å². The second kappa shape index (κ2) is 6.98. The summed E-state index contributed by atoms with van der Waals surface area (Å²) in [6.07, 6.45) is -2.48. The van der Waals surface area contributed by atoms with Crippen LogP contribution in [0.4, 0.5) is 13.2 Å². The minimum Gasteiger partial charge on any atom is -0.406 e. The molecule has 2 fully saturated rings. The summed E-state index contributed by atoms with van der Waals surface area (Å²) in [5, 5.41) is 3.44. The number of ether oxygens (including phenoxy) is 1. The van der Waals surface area contributed by atoms with Gasteiger partial charge in [0.1, 0.15) is 17.1 Å². The molecule has 1 N–H and O–H groups in total. The minimum atomic E-state index is -4.73. The summed E-state index contributed by atoms with van der Waals surface area (Å²) in [6, 6.07) is 7.22. The number of alkyl halides is 3. The quantitative estimate of drug-likeness (QED) is 0.840. The van der Waals surface area contributed by atoms with Crippen molar-refractivity contribution in [1.82, 2.24) is 20.2 Å². The largest absolute Gasteiger partial charge is 0.573 e. The Bertz CT molecular complexity index is 939. The van der Waals surface area contributed by atoms with Crippen LogP contribution in [0, 0.1) is 6.92 Å². The fourth-order valence-corrected chi connectivity index (χ4v) is 4.08. The van der Waals surface area contributed by atoms with E-state index in [9.17, 15) is 18.0 Å². The number of hydrogen-bond acceptors (Lipinski definition) is 5. The maximum absolute atomic E-state index is 12.5. The smallest absolute Gasteiger partial charge is 0.406 e. The molecule has 1 amide bonds. The van der Waals surface area contributed by atoms with Gasteiger partial charge in [0.05, 0.1) is 11.7 Å². The highest BCUT2D eigenvalue weighted by molar-refractivity contribution is 5.88. The van der Waals surface area contributed by atoms with Crippen LogP contribution in [0.5, 0.6) is 5.75 Å². The third-order valence-electron chi connectivity index (χ3n) is 5.51. The SMILES string of the molecule is Cc1cc(-c2ccc(OC(F)(F)F)cc2)nc([C@H]2CC[C@@]3(CCN(C)C3=O)N2)n1.[HH]. The lowest BCUT2D eigenvalue weighted by molar-refractivity contribution is -0.274. The fraction of sp³-hybridized carbons (Fsp3) is 0.450. The van der Waals surface area contributed by atoms with Gasteiger partial charge >= 0.3 is 6.36 Å². The number of amides is 1. The monoisotopic (exact) mass is 408 g/mol. The van der Waals surface area contributed by atoms with E-state index in [1.54, 1.807) is 18.0 Å². The molecule has 2 saturated heterocycles. The zero-order valence-corrected chi connectivity index (χ0v) is 16.1. The van der Waals surface area contributed by atoms with Gasteiger partial charge in [-0.15, -0.1) is 13.2 Å². The van der Waals surface area contributed by atoms with Crippen molar-refractivity contribution >= 4 is 5.91 Å². The van der Waals surface area contributed by atoms with E-state index in [1.807, 2.05) is 6.92 Å². The summed E-state index contributed by atoms with van der Waals surface area (Å²) < 4.78 is 40.9. The van der Waals surface area contributed by atoms with Gasteiger partial charge < -0.3 is 9.64 Å². The second-order valence-electron chi connectivity index (χ2n) is 7.62. The third-order valence-corrected chi connectivity index (χ3v) is 5.51. The van der Waals surface area contributed by atoms with Gasteiger partial charge in [-0.05, 0) is 56.5 Å². The summed E-state index contributed by atoms with van der Waals surface area (Å²) in [6.45, 7) is 2.57. The average Bonchev–Trinajstić information content (AvgIpc) is 3.21. The van der Waals surface area contributed by atoms with Crippen LogP contribution in [0.2, 0.25) is 0 Å². The average molecular weight is 408 g/mol. The van der Waals surface area contributed by atoms with Crippen LogP contribution in [0.1, 0.15) is 38.2 Å². The van der Waals surface area contributed by atoms with Crippen molar-refractivity contribution in [3.63, 3.8) is 0 Å². The van der Waals surface area contributed by atoms with Crippen molar-refractivity contribution in [2.75, 3.05) is 13.6 Å². The van der Waals surface area contributed by atoms with E-state index in [0.717, 1.165) is 31.5 Å². The van der Waals surface area contributed by atoms with Crippen molar-refractivity contribution in [2.45, 2.75) is 44.1 Å². The van der Waals surface area contributed by atoms with Crippen LogP contribution in [0.25, 0.3) is 11.3 Å². The molecule has 0 aliphatic carbocycles. The molecule has 1 aromatic carbocycles. The molecule has 0 unspecified atom stereocenters. The summed E-state index contributed by atoms with van der Waals surface area (Å²) in [4.78, 5) is 23.4.